The number of hydrogen-bond donors (Lipinski definition) is 2. The molecule has 28 heavy (non-hydrogen) atoms. The lowest BCUT2D eigenvalue weighted by atomic mass is 10.1. The second-order valence-corrected chi connectivity index (χ2v) is 8.97. The molecule has 0 spiro atoms. The number of nitrogens with zero attached hydrogens (tertiary/aromatic N) is 1. The van der Waals surface area contributed by atoms with Crippen molar-refractivity contribution < 1.29 is 13.2 Å². The third kappa shape index (κ3) is 4.59. The van der Waals surface area contributed by atoms with Crippen molar-refractivity contribution in [1.29, 1.82) is 0 Å². The van der Waals surface area contributed by atoms with E-state index >= 15 is 0 Å². The third-order valence-electron chi connectivity index (χ3n) is 3.76. The fourth-order valence-electron chi connectivity index (χ4n) is 2.39. The molecule has 1 aromatic heterocycles. The quantitative estimate of drug-likeness (QED) is 0.447. The second kappa shape index (κ2) is 8.55. The van der Waals surface area contributed by atoms with Gasteiger partial charge in [-0.3, -0.25) is 9.52 Å². The van der Waals surface area contributed by atoms with Gasteiger partial charge in [0.05, 0.1) is 17.0 Å². The number of halogens is 1. The van der Waals surface area contributed by atoms with Gasteiger partial charge in [-0.25, -0.2) is 13.8 Å². The Labute approximate surface area is 171 Å². The van der Waals surface area contributed by atoms with E-state index in [4.69, 9.17) is 11.6 Å². The minimum Gasteiger partial charge on any atom is -0.278 e. The first-order valence-corrected chi connectivity index (χ1v) is 10.9. The molecule has 2 N–H and O–H groups in total. The zero-order valence-electron chi connectivity index (χ0n) is 14.7. The van der Waals surface area contributed by atoms with Crippen LogP contribution in [0.1, 0.15) is 22.8 Å². The molecule has 0 unspecified atom stereocenters. The average molecular weight is 434 g/mol. The Hall–Kier alpha value is -2.68. The molecule has 0 saturated carbocycles. The van der Waals surface area contributed by atoms with Crippen molar-refractivity contribution in [2.75, 3.05) is 4.72 Å². The number of benzene rings is 2. The van der Waals surface area contributed by atoms with Crippen molar-refractivity contribution in [2.24, 2.45) is 5.10 Å². The summed E-state index contributed by atoms with van der Waals surface area (Å²) in [7, 11) is -3.77. The van der Waals surface area contributed by atoms with Crippen LogP contribution in [0.2, 0.25) is 5.02 Å². The van der Waals surface area contributed by atoms with Gasteiger partial charge < -0.3 is 0 Å². The van der Waals surface area contributed by atoms with Crippen LogP contribution in [-0.2, 0) is 10.0 Å². The number of hydrogen-bond acceptors (Lipinski definition) is 5. The maximum atomic E-state index is 12.6. The summed E-state index contributed by atoms with van der Waals surface area (Å²) in [5, 5.41) is 6.26. The van der Waals surface area contributed by atoms with E-state index < -0.39 is 15.9 Å². The minimum absolute atomic E-state index is 0.151. The molecule has 0 saturated heterocycles. The molecular formula is C19H16ClN3O3S2. The van der Waals surface area contributed by atoms with Gasteiger partial charge in [0, 0.05) is 10.6 Å². The molecule has 2 aromatic carbocycles. The van der Waals surface area contributed by atoms with Crippen molar-refractivity contribution in [2.45, 2.75) is 11.1 Å². The smallest absolute Gasteiger partial charge is 0.273 e. The fraction of sp³-hybridized carbons (Fsp3) is 0.0526. The van der Waals surface area contributed by atoms with Crippen LogP contribution in [0.5, 0.6) is 0 Å². The average Bonchev–Trinajstić information content (AvgIpc) is 3.22. The van der Waals surface area contributed by atoms with Gasteiger partial charge >= 0.3 is 0 Å². The van der Waals surface area contributed by atoms with Crippen molar-refractivity contribution in [3.8, 4) is 0 Å². The van der Waals surface area contributed by atoms with E-state index in [1.54, 1.807) is 48.7 Å². The van der Waals surface area contributed by atoms with Crippen LogP contribution in [0.3, 0.4) is 0 Å². The number of nitrogens with one attached hydrogen (secondary N) is 2. The van der Waals surface area contributed by atoms with E-state index in [1.165, 1.54) is 18.2 Å². The molecule has 0 fully saturated rings. The van der Waals surface area contributed by atoms with E-state index in [-0.39, 0.29) is 15.5 Å². The summed E-state index contributed by atoms with van der Waals surface area (Å²) >= 11 is 7.22. The van der Waals surface area contributed by atoms with Gasteiger partial charge in [-0.15, -0.1) is 11.3 Å². The number of para-hydroxylation sites is 1. The first kappa shape index (κ1) is 20.1. The van der Waals surface area contributed by atoms with Crippen LogP contribution in [0.4, 0.5) is 5.69 Å². The summed E-state index contributed by atoms with van der Waals surface area (Å²) < 4.78 is 27.5. The number of thiophene rings is 1. The monoisotopic (exact) mass is 433 g/mol. The van der Waals surface area contributed by atoms with Crippen LogP contribution in [0.25, 0.3) is 0 Å². The Morgan fingerprint density at radius 1 is 1.00 bits per heavy atom. The molecule has 3 rings (SSSR count). The molecule has 0 radical (unpaired) electrons. The Morgan fingerprint density at radius 3 is 2.36 bits per heavy atom. The van der Waals surface area contributed by atoms with Gasteiger partial charge in [-0.05, 0) is 36.6 Å². The van der Waals surface area contributed by atoms with Crippen molar-refractivity contribution in [3.05, 3.63) is 82.2 Å². The molecule has 144 valence electrons. The van der Waals surface area contributed by atoms with Crippen LogP contribution >= 0.6 is 22.9 Å². The molecule has 1 amide bonds. The fourth-order valence-corrected chi connectivity index (χ4v) is 4.74. The van der Waals surface area contributed by atoms with Crippen LogP contribution in [0, 0.1) is 0 Å². The van der Waals surface area contributed by atoms with Gasteiger partial charge in [0.1, 0.15) is 4.21 Å². The normalized spacial score (nSPS) is 11.9. The van der Waals surface area contributed by atoms with Crippen molar-refractivity contribution in [3.63, 3.8) is 0 Å². The predicted molar refractivity (Wildman–Crippen MR) is 113 cm³/mol. The Bertz CT molecular complexity index is 1130. The number of carbonyl (C=O) groups is 1. The Balaban J connectivity index is 1.82. The first-order chi connectivity index (χ1) is 13.4. The lowest BCUT2D eigenvalue weighted by Crippen LogP contribution is -2.22. The Morgan fingerprint density at radius 2 is 1.68 bits per heavy atom. The number of hydrazone groups is 1. The summed E-state index contributed by atoms with van der Waals surface area (Å²) in [6.07, 6.45) is 0. The van der Waals surface area contributed by atoms with Gasteiger partial charge in [0.15, 0.2) is 0 Å². The molecule has 0 aliphatic carbocycles. The minimum atomic E-state index is -3.77. The van der Waals surface area contributed by atoms with Crippen molar-refractivity contribution >= 4 is 50.3 Å². The number of carbonyl (C=O) groups excluding carboxylic acids is 1. The van der Waals surface area contributed by atoms with E-state index in [1.807, 2.05) is 6.07 Å². The molecule has 6 nitrogen and oxygen atoms in total. The number of rotatable bonds is 6. The maximum absolute atomic E-state index is 12.6. The first-order valence-electron chi connectivity index (χ1n) is 8.13. The van der Waals surface area contributed by atoms with E-state index in [2.05, 4.69) is 15.2 Å². The zero-order valence-corrected chi connectivity index (χ0v) is 17.1. The summed E-state index contributed by atoms with van der Waals surface area (Å²) in [4.78, 5) is 12.6. The van der Waals surface area contributed by atoms with Crippen LogP contribution in [-0.4, -0.2) is 20.0 Å². The lowest BCUT2D eigenvalue weighted by molar-refractivity contribution is 0.0955. The Kier molecular flexibility index (Phi) is 6.13. The van der Waals surface area contributed by atoms with Gasteiger partial charge in [0.25, 0.3) is 15.9 Å². The van der Waals surface area contributed by atoms with Crippen molar-refractivity contribution in [1.82, 2.24) is 5.43 Å². The highest BCUT2D eigenvalue weighted by atomic mass is 35.5. The predicted octanol–water partition coefficient (Wildman–Crippen LogP) is 4.36. The highest BCUT2D eigenvalue weighted by Gasteiger charge is 2.19. The topological polar surface area (TPSA) is 87.6 Å². The number of sulfonamides is 1. The number of anilines is 1. The van der Waals surface area contributed by atoms with Crippen LogP contribution in [0.15, 0.2) is 75.4 Å². The molecule has 9 heteroatoms. The molecule has 0 aliphatic heterocycles. The standard InChI is InChI=1S/C19H16ClN3O3S2/c1-13(14-7-2-4-9-16(14)20)21-22-19(24)15-8-3-5-10-17(15)23-28(25,26)18-11-6-12-27-18/h2-12,23H,1H3,(H,22,24)/b21-13+. The highest BCUT2D eigenvalue weighted by Crippen LogP contribution is 2.23. The molecule has 0 atom stereocenters. The largest absolute Gasteiger partial charge is 0.278 e. The maximum Gasteiger partial charge on any atom is 0.273 e. The van der Waals surface area contributed by atoms with Gasteiger partial charge in [-0.2, -0.15) is 5.10 Å². The highest BCUT2D eigenvalue weighted by molar-refractivity contribution is 7.94. The number of amides is 1. The lowest BCUT2D eigenvalue weighted by Gasteiger charge is -2.11. The molecule has 0 bridgehead atoms. The van der Waals surface area contributed by atoms with Crippen LogP contribution < -0.4 is 10.1 Å². The third-order valence-corrected chi connectivity index (χ3v) is 6.86. The molecular weight excluding hydrogens is 418 g/mol. The van der Waals surface area contributed by atoms with E-state index in [0.29, 0.717) is 16.3 Å². The summed E-state index contributed by atoms with van der Waals surface area (Å²) in [5.74, 6) is -0.545. The van der Waals surface area contributed by atoms with E-state index in [0.717, 1.165) is 11.3 Å². The molecule has 3 aromatic rings. The van der Waals surface area contributed by atoms with Gasteiger partial charge in [-0.1, -0.05) is 48.0 Å². The molecule has 1 heterocycles. The second-order valence-electron chi connectivity index (χ2n) is 5.70. The van der Waals surface area contributed by atoms with Gasteiger partial charge in [0.2, 0.25) is 0 Å². The summed E-state index contributed by atoms with van der Waals surface area (Å²) in [5.41, 5.74) is 3.98. The molecule has 0 aliphatic rings. The summed E-state index contributed by atoms with van der Waals surface area (Å²) in [6.45, 7) is 1.72. The zero-order chi connectivity index (χ0) is 20.1. The SMILES string of the molecule is C/C(=N\NC(=O)c1ccccc1NS(=O)(=O)c1cccs1)c1ccccc1Cl. The summed E-state index contributed by atoms with van der Waals surface area (Å²) in [6, 6.07) is 16.6. The van der Waals surface area contributed by atoms with E-state index in [9.17, 15) is 13.2 Å².